The van der Waals surface area contributed by atoms with Crippen molar-refractivity contribution in [1.82, 2.24) is 5.32 Å². The molecule has 1 aromatic carbocycles. The highest BCUT2D eigenvalue weighted by atomic mass is 32.2. The highest BCUT2D eigenvalue weighted by Crippen LogP contribution is 2.50. The fourth-order valence-corrected chi connectivity index (χ4v) is 4.06. The van der Waals surface area contributed by atoms with Gasteiger partial charge in [0.25, 0.3) is 0 Å². The van der Waals surface area contributed by atoms with E-state index in [4.69, 9.17) is 0 Å². The Morgan fingerprint density at radius 2 is 1.95 bits per heavy atom. The Kier molecular flexibility index (Phi) is 6.44. The predicted molar refractivity (Wildman–Crippen MR) is 91.5 cm³/mol. The van der Waals surface area contributed by atoms with E-state index in [0.717, 1.165) is 24.3 Å². The van der Waals surface area contributed by atoms with E-state index < -0.39 is 0 Å². The van der Waals surface area contributed by atoms with E-state index in [0.29, 0.717) is 6.04 Å². The van der Waals surface area contributed by atoms with Gasteiger partial charge in [0, 0.05) is 11.8 Å². The van der Waals surface area contributed by atoms with Crippen LogP contribution in [0.1, 0.15) is 45.1 Å². The van der Waals surface area contributed by atoms with Crippen LogP contribution < -0.4 is 5.32 Å². The summed E-state index contributed by atoms with van der Waals surface area (Å²) in [4.78, 5) is 0. The van der Waals surface area contributed by atoms with E-state index >= 15 is 0 Å². The lowest BCUT2D eigenvalue weighted by Gasteiger charge is -2.19. The van der Waals surface area contributed by atoms with Gasteiger partial charge < -0.3 is 5.32 Å². The maximum Gasteiger partial charge on any atom is 0.0192 e. The Bertz CT molecular complexity index is 376. The molecular weight excluding hydrogens is 262 g/mol. The number of hydrogen-bond donors (Lipinski definition) is 1. The summed E-state index contributed by atoms with van der Waals surface area (Å²) in [6.07, 6.45) is 2.60. The minimum absolute atomic E-state index is 0.698. The maximum atomic E-state index is 3.78. The fourth-order valence-electron chi connectivity index (χ4n) is 2.84. The summed E-state index contributed by atoms with van der Waals surface area (Å²) < 4.78 is 0. The molecule has 1 aliphatic carbocycles. The molecule has 3 unspecified atom stereocenters. The molecule has 1 nitrogen and oxygen atoms in total. The Labute approximate surface area is 128 Å². The first-order valence-electron chi connectivity index (χ1n) is 8.08. The zero-order valence-electron chi connectivity index (χ0n) is 13.1. The molecular formula is C18H29NS. The molecule has 1 saturated carbocycles. The minimum atomic E-state index is 0.698. The van der Waals surface area contributed by atoms with Crippen LogP contribution in [0.4, 0.5) is 0 Å². The van der Waals surface area contributed by atoms with Gasteiger partial charge in [0.2, 0.25) is 0 Å². The summed E-state index contributed by atoms with van der Waals surface area (Å²) in [7, 11) is 0. The molecule has 0 aromatic heterocycles. The fraction of sp³-hybridized carbons (Fsp3) is 0.667. The van der Waals surface area contributed by atoms with E-state index in [1.54, 1.807) is 0 Å². The van der Waals surface area contributed by atoms with E-state index in [1.807, 2.05) is 0 Å². The largest absolute Gasteiger partial charge is 0.313 e. The van der Waals surface area contributed by atoms with Crippen molar-refractivity contribution in [3.8, 4) is 0 Å². The van der Waals surface area contributed by atoms with Crippen LogP contribution in [-0.2, 0) is 0 Å². The van der Waals surface area contributed by atoms with E-state index in [9.17, 15) is 0 Å². The monoisotopic (exact) mass is 291 g/mol. The summed E-state index contributed by atoms with van der Waals surface area (Å²) in [5.41, 5.74) is 1.54. The van der Waals surface area contributed by atoms with Gasteiger partial charge in [-0.25, -0.2) is 0 Å². The SMILES string of the molecule is CCCNC(CSCC(C)C)C1CC1c1ccccc1. The number of hydrogen-bond acceptors (Lipinski definition) is 2. The summed E-state index contributed by atoms with van der Waals surface area (Å²) in [6, 6.07) is 11.8. The second-order valence-electron chi connectivity index (χ2n) is 6.41. The molecule has 1 fully saturated rings. The highest BCUT2D eigenvalue weighted by Gasteiger charge is 2.43. The second kappa shape index (κ2) is 8.09. The molecule has 1 aliphatic rings. The van der Waals surface area contributed by atoms with Crippen molar-refractivity contribution < 1.29 is 0 Å². The van der Waals surface area contributed by atoms with E-state index in [-0.39, 0.29) is 0 Å². The summed E-state index contributed by atoms with van der Waals surface area (Å²) in [6.45, 7) is 8.04. The molecule has 0 heterocycles. The number of thioether (sulfide) groups is 1. The van der Waals surface area contributed by atoms with Gasteiger partial charge in [-0.1, -0.05) is 51.1 Å². The van der Waals surface area contributed by atoms with Gasteiger partial charge in [-0.15, -0.1) is 0 Å². The normalized spacial score (nSPS) is 23.0. The third-order valence-electron chi connectivity index (χ3n) is 3.99. The molecule has 0 bridgehead atoms. The Hall–Kier alpha value is -0.470. The maximum absolute atomic E-state index is 3.78. The van der Waals surface area contributed by atoms with Gasteiger partial charge in [-0.05, 0) is 48.5 Å². The van der Waals surface area contributed by atoms with Crippen molar-refractivity contribution >= 4 is 11.8 Å². The van der Waals surface area contributed by atoms with E-state index in [1.165, 1.54) is 29.9 Å². The highest BCUT2D eigenvalue weighted by molar-refractivity contribution is 7.99. The van der Waals surface area contributed by atoms with Crippen molar-refractivity contribution in [2.24, 2.45) is 11.8 Å². The van der Waals surface area contributed by atoms with Crippen molar-refractivity contribution in [2.75, 3.05) is 18.1 Å². The molecule has 0 aliphatic heterocycles. The van der Waals surface area contributed by atoms with Gasteiger partial charge in [0.1, 0.15) is 0 Å². The quantitative estimate of drug-likeness (QED) is 0.716. The Morgan fingerprint density at radius 1 is 1.20 bits per heavy atom. The molecule has 1 N–H and O–H groups in total. The van der Waals surface area contributed by atoms with Crippen LogP contribution >= 0.6 is 11.8 Å². The van der Waals surface area contributed by atoms with Crippen LogP contribution in [0, 0.1) is 11.8 Å². The van der Waals surface area contributed by atoms with Gasteiger partial charge in [0.15, 0.2) is 0 Å². The first-order valence-corrected chi connectivity index (χ1v) is 9.24. The molecule has 0 saturated heterocycles. The molecule has 20 heavy (non-hydrogen) atoms. The standard InChI is InChI=1S/C18H29NS/c1-4-10-19-18(13-20-12-14(2)3)17-11-16(17)15-8-6-5-7-9-15/h5-9,14,16-19H,4,10-13H2,1-3H3. The van der Waals surface area contributed by atoms with Crippen molar-refractivity contribution in [3.05, 3.63) is 35.9 Å². The first-order chi connectivity index (χ1) is 9.72. The first kappa shape index (κ1) is 15.9. The third kappa shape index (κ3) is 4.82. The summed E-state index contributed by atoms with van der Waals surface area (Å²) in [5, 5.41) is 3.78. The van der Waals surface area contributed by atoms with Gasteiger partial charge in [-0.2, -0.15) is 11.8 Å². The van der Waals surface area contributed by atoms with Crippen LogP contribution in [-0.4, -0.2) is 24.1 Å². The summed E-state index contributed by atoms with van der Waals surface area (Å²) >= 11 is 2.12. The van der Waals surface area contributed by atoms with E-state index in [2.05, 4.69) is 68.2 Å². The molecule has 0 spiro atoms. The van der Waals surface area contributed by atoms with Crippen LogP contribution in [0.3, 0.4) is 0 Å². The molecule has 2 rings (SSSR count). The molecule has 1 aromatic rings. The van der Waals surface area contributed by atoms with Crippen molar-refractivity contribution in [1.29, 1.82) is 0 Å². The zero-order valence-corrected chi connectivity index (χ0v) is 14.0. The van der Waals surface area contributed by atoms with Crippen LogP contribution in [0.5, 0.6) is 0 Å². The smallest absolute Gasteiger partial charge is 0.0192 e. The van der Waals surface area contributed by atoms with Gasteiger partial charge in [0.05, 0.1) is 0 Å². The van der Waals surface area contributed by atoms with Crippen LogP contribution in [0.25, 0.3) is 0 Å². The second-order valence-corrected chi connectivity index (χ2v) is 7.48. The molecule has 0 amide bonds. The molecule has 0 radical (unpaired) electrons. The average molecular weight is 292 g/mol. The van der Waals surface area contributed by atoms with Crippen molar-refractivity contribution in [3.63, 3.8) is 0 Å². The Balaban J connectivity index is 1.85. The lowest BCUT2D eigenvalue weighted by molar-refractivity contribution is 0.494. The molecule has 112 valence electrons. The number of nitrogens with one attached hydrogen (secondary N) is 1. The van der Waals surface area contributed by atoms with Crippen LogP contribution in [0.15, 0.2) is 30.3 Å². The van der Waals surface area contributed by atoms with Gasteiger partial charge >= 0.3 is 0 Å². The minimum Gasteiger partial charge on any atom is -0.313 e. The number of benzene rings is 1. The zero-order chi connectivity index (χ0) is 14.4. The lowest BCUT2D eigenvalue weighted by Crippen LogP contribution is -2.34. The third-order valence-corrected chi connectivity index (χ3v) is 5.49. The number of rotatable bonds is 9. The average Bonchev–Trinajstić information content (AvgIpc) is 3.23. The topological polar surface area (TPSA) is 12.0 Å². The van der Waals surface area contributed by atoms with Gasteiger partial charge in [-0.3, -0.25) is 0 Å². The molecule has 3 atom stereocenters. The Morgan fingerprint density at radius 3 is 2.60 bits per heavy atom. The lowest BCUT2D eigenvalue weighted by atomic mass is 10.1. The van der Waals surface area contributed by atoms with Crippen LogP contribution in [0.2, 0.25) is 0 Å². The summed E-state index contributed by atoms with van der Waals surface area (Å²) in [5.74, 6) is 5.00. The predicted octanol–water partition coefficient (Wildman–Crippen LogP) is 4.55. The molecule has 2 heteroatoms. The van der Waals surface area contributed by atoms with Crippen molar-refractivity contribution in [2.45, 2.75) is 45.6 Å².